The van der Waals surface area contributed by atoms with E-state index in [4.69, 9.17) is 14.3 Å². The van der Waals surface area contributed by atoms with Crippen molar-refractivity contribution in [3.8, 4) is 0 Å². The van der Waals surface area contributed by atoms with Gasteiger partial charge in [-0.05, 0) is 0 Å². The third-order valence-corrected chi connectivity index (χ3v) is 0. The molecular formula is H4O4SW. The number of rotatable bonds is 0. The summed E-state index contributed by atoms with van der Waals surface area (Å²) in [5.74, 6) is 0. The average Bonchev–Trinajstić information content (AvgIpc) is 0.722. The molecule has 0 fully saturated rings. The van der Waals surface area contributed by atoms with Gasteiger partial charge in [0, 0.05) is 0 Å². The van der Waals surface area contributed by atoms with Gasteiger partial charge in [0.05, 0.1) is 0 Å². The van der Waals surface area contributed by atoms with Crippen molar-refractivity contribution in [3.05, 3.63) is 0 Å². The van der Waals surface area contributed by atoms with Crippen LogP contribution in [0.15, 0.2) is 0 Å². The van der Waals surface area contributed by atoms with Gasteiger partial charge in [0.1, 0.15) is 0 Å². The van der Waals surface area contributed by atoms with E-state index < -0.39 is 16.7 Å². The Kier molecular flexibility index (Phi) is 4.36. The summed E-state index contributed by atoms with van der Waals surface area (Å²) in [7, 11) is 0. The number of hydrogen-bond donors (Lipinski definition) is 2. The Balaban J connectivity index is 0. The molecule has 2 N–H and O–H groups in total. The zero-order valence-corrected chi connectivity index (χ0v) is 6.55. The standard InChI is InChI=1S/2H2O.2O.H2S.W/h2*1H2;;;1H2;/q;;;;;+2/p-2. The molecule has 40 valence electrons. The Labute approximate surface area is 45.0 Å². The normalized spacial score (nSPS) is 9.67. The first kappa shape index (κ1) is 9.75. The van der Waals surface area contributed by atoms with Crippen LogP contribution in [0.3, 0.4) is 0 Å². The topological polar surface area (TPSA) is 74.6 Å². The first-order valence-corrected chi connectivity index (χ1v) is 5.72. The van der Waals surface area contributed by atoms with E-state index in [0.29, 0.717) is 0 Å². The molecule has 4 nitrogen and oxygen atoms in total. The molecule has 0 radical (unpaired) electrons. The van der Waals surface area contributed by atoms with Gasteiger partial charge in [0.25, 0.3) is 0 Å². The van der Waals surface area contributed by atoms with Crippen molar-refractivity contribution in [3.63, 3.8) is 0 Å². The zero-order chi connectivity index (χ0) is 4.50. The van der Waals surface area contributed by atoms with Gasteiger partial charge >= 0.3 is 31.1 Å². The molecule has 0 saturated carbocycles. The van der Waals surface area contributed by atoms with E-state index in [9.17, 15) is 0 Å². The van der Waals surface area contributed by atoms with Crippen LogP contribution in [0.5, 0.6) is 0 Å². The van der Waals surface area contributed by atoms with E-state index in [1.165, 1.54) is 0 Å². The van der Waals surface area contributed by atoms with Crippen LogP contribution in [0, 0.1) is 0 Å². The molecule has 6 heavy (non-hydrogen) atoms. The molecule has 0 aliphatic rings. The van der Waals surface area contributed by atoms with Gasteiger partial charge < -0.3 is 0 Å². The van der Waals surface area contributed by atoms with Crippen LogP contribution < -0.4 is 0 Å². The SMILES string of the molecule is S.[O]=[W](=[O])([OH])[OH]. The van der Waals surface area contributed by atoms with Gasteiger partial charge in [-0.15, -0.1) is 0 Å². The first-order valence-electron chi connectivity index (χ1n) is 0.698. The number of hydrogen-bond acceptors (Lipinski definition) is 2. The van der Waals surface area contributed by atoms with Gasteiger partial charge in [0.2, 0.25) is 0 Å². The summed E-state index contributed by atoms with van der Waals surface area (Å²) in [4.78, 5) is 0. The van der Waals surface area contributed by atoms with Gasteiger partial charge in [-0.2, -0.15) is 13.5 Å². The summed E-state index contributed by atoms with van der Waals surface area (Å²) in [5, 5.41) is 0. The molecule has 0 rings (SSSR count). The monoisotopic (exact) mass is 284 g/mol. The van der Waals surface area contributed by atoms with Crippen molar-refractivity contribution >= 4 is 13.5 Å². The second kappa shape index (κ2) is 2.69. The molecule has 0 aliphatic carbocycles. The van der Waals surface area contributed by atoms with E-state index in [1.54, 1.807) is 0 Å². The molecule has 6 heteroatoms. The van der Waals surface area contributed by atoms with Crippen molar-refractivity contribution in [2.75, 3.05) is 0 Å². The molecule has 0 aromatic carbocycles. The molecule has 0 aliphatic heterocycles. The minimum atomic E-state index is -5.67. The molecule has 0 aromatic rings. The quantitative estimate of drug-likeness (QED) is 0.583. The fraction of sp³-hybridized carbons (Fsp3) is 0. The van der Waals surface area contributed by atoms with Crippen LogP contribution in [0.1, 0.15) is 0 Å². The second-order valence-corrected chi connectivity index (χ2v) is 3.67. The summed E-state index contributed by atoms with van der Waals surface area (Å²) < 4.78 is 32.1. The van der Waals surface area contributed by atoms with E-state index in [0.717, 1.165) is 0 Å². The van der Waals surface area contributed by atoms with Crippen LogP contribution in [-0.4, -0.2) is 7.52 Å². The van der Waals surface area contributed by atoms with Crippen molar-refractivity contribution < 1.29 is 31.1 Å². The van der Waals surface area contributed by atoms with Crippen molar-refractivity contribution in [1.82, 2.24) is 0 Å². The summed E-state index contributed by atoms with van der Waals surface area (Å²) in [6.45, 7) is 0. The van der Waals surface area contributed by atoms with E-state index in [1.807, 2.05) is 0 Å². The van der Waals surface area contributed by atoms with Crippen molar-refractivity contribution in [2.45, 2.75) is 0 Å². The molecule has 0 spiro atoms. The molecular weight excluding hydrogens is 280 g/mol. The maximum atomic E-state index is 8.87. The summed E-state index contributed by atoms with van der Waals surface area (Å²) >= 11 is -5.67. The fourth-order valence-corrected chi connectivity index (χ4v) is 0. The van der Waals surface area contributed by atoms with Gasteiger partial charge in [-0.3, -0.25) is 0 Å². The van der Waals surface area contributed by atoms with Gasteiger partial charge in [-0.25, -0.2) is 0 Å². The van der Waals surface area contributed by atoms with E-state index >= 15 is 0 Å². The van der Waals surface area contributed by atoms with Crippen LogP contribution in [0.25, 0.3) is 0 Å². The Hall–Kier alpha value is 0.558. The summed E-state index contributed by atoms with van der Waals surface area (Å²) in [6, 6.07) is 0. The van der Waals surface area contributed by atoms with Crippen LogP contribution >= 0.6 is 13.5 Å². The average molecular weight is 284 g/mol. The summed E-state index contributed by atoms with van der Waals surface area (Å²) in [5.41, 5.74) is 0. The Bertz CT molecular complexity index is 90.7. The van der Waals surface area contributed by atoms with Crippen LogP contribution in [0.4, 0.5) is 0 Å². The molecule has 0 aromatic heterocycles. The molecule has 0 bridgehead atoms. The van der Waals surface area contributed by atoms with Crippen molar-refractivity contribution in [2.24, 2.45) is 0 Å². The van der Waals surface area contributed by atoms with Gasteiger partial charge in [-0.1, -0.05) is 0 Å². The fourth-order valence-electron chi connectivity index (χ4n) is 0. The van der Waals surface area contributed by atoms with Gasteiger partial charge in [0.15, 0.2) is 0 Å². The minimum absolute atomic E-state index is 0. The molecule has 0 saturated heterocycles. The molecule has 0 amide bonds. The zero-order valence-electron chi connectivity index (χ0n) is 2.62. The predicted octanol–water partition coefficient (Wildman–Crippen LogP) is -1.24. The van der Waals surface area contributed by atoms with Crippen molar-refractivity contribution in [1.29, 1.82) is 0 Å². The summed E-state index contributed by atoms with van der Waals surface area (Å²) in [6.07, 6.45) is 0. The molecule has 0 heterocycles. The van der Waals surface area contributed by atoms with Crippen LogP contribution in [0.2, 0.25) is 0 Å². The molecule has 0 atom stereocenters. The Morgan fingerprint density at radius 1 is 1.17 bits per heavy atom. The third kappa shape index (κ3) is 185. The predicted molar refractivity (Wildman–Crippen MR) is 16.2 cm³/mol. The van der Waals surface area contributed by atoms with Crippen LogP contribution in [-0.2, 0) is 23.5 Å². The Morgan fingerprint density at radius 2 is 1.17 bits per heavy atom. The maximum absolute atomic E-state index is 8.87. The molecule has 0 unspecified atom stereocenters. The third-order valence-electron chi connectivity index (χ3n) is 0. The second-order valence-electron chi connectivity index (χ2n) is 0.448. The van der Waals surface area contributed by atoms with E-state index in [2.05, 4.69) is 0 Å². The Morgan fingerprint density at radius 3 is 1.17 bits per heavy atom. The first-order chi connectivity index (χ1) is 2.00. The van der Waals surface area contributed by atoms with E-state index in [-0.39, 0.29) is 13.5 Å².